The summed E-state index contributed by atoms with van der Waals surface area (Å²) in [4.78, 5) is 19.5. The van der Waals surface area contributed by atoms with Gasteiger partial charge in [-0.2, -0.15) is 0 Å². The molecule has 0 fully saturated rings. The second kappa shape index (κ2) is 10.9. The highest BCUT2D eigenvalue weighted by molar-refractivity contribution is 5.72. The highest BCUT2D eigenvalue weighted by Crippen LogP contribution is 1.96. The number of carboxylic acid groups (broad SMARTS) is 1. The minimum atomic E-state index is -0.933. The predicted octanol–water partition coefficient (Wildman–Crippen LogP) is 0.289. The predicted molar refractivity (Wildman–Crippen MR) is 59.4 cm³/mol. The maximum Gasteiger partial charge on any atom is 0.320 e. The maximum absolute atomic E-state index is 10.1. The normalized spacial score (nSPS) is 10.9. The average molecular weight is 216 g/mol. The molecule has 0 amide bonds. The zero-order chi connectivity index (χ0) is 12.3. The number of unbranched alkanes of at least 4 members (excludes halogenated alkanes) is 1. The fourth-order valence-corrected chi connectivity index (χ4v) is 0.632. The molecule has 0 aliphatic carbocycles. The number of hydrogen-bond donors (Lipinski definition) is 3. The number of nitrogens with two attached hydrogens (primary N) is 2. The minimum absolute atomic E-state index is 0.520. The van der Waals surface area contributed by atoms with E-state index in [0.717, 1.165) is 19.1 Å². The highest BCUT2D eigenvalue weighted by Gasteiger charge is 2.09. The topological polar surface area (TPSA) is 106 Å². The fourth-order valence-electron chi connectivity index (χ4n) is 0.632. The summed E-state index contributed by atoms with van der Waals surface area (Å²) in [5, 5.41) is 8.33. The van der Waals surface area contributed by atoms with Gasteiger partial charge in [-0.25, -0.2) is 0 Å². The second-order valence-electron chi connectivity index (χ2n) is 3.19. The Morgan fingerprint density at radius 2 is 2.00 bits per heavy atom. The Kier molecular flexibility index (Phi) is 11.8. The summed E-state index contributed by atoms with van der Waals surface area (Å²) >= 11 is 0. The van der Waals surface area contributed by atoms with E-state index in [9.17, 15) is 9.59 Å². The van der Waals surface area contributed by atoms with Gasteiger partial charge in [0.1, 0.15) is 12.3 Å². The Labute approximate surface area is 90.1 Å². The van der Waals surface area contributed by atoms with E-state index in [4.69, 9.17) is 16.6 Å². The quantitative estimate of drug-likeness (QED) is 0.336. The van der Waals surface area contributed by atoms with Crippen molar-refractivity contribution < 1.29 is 14.7 Å². The summed E-state index contributed by atoms with van der Waals surface area (Å²) < 4.78 is 0. The molecule has 15 heavy (non-hydrogen) atoms. The number of carbonyl (C=O) groups excluding carboxylic acids is 1. The molecule has 0 radical (unpaired) electrons. The number of hydrogen-bond acceptors (Lipinski definition) is 4. The third kappa shape index (κ3) is 15.5. The summed E-state index contributed by atoms with van der Waals surface area (Å²) in [7, 11) is 0. The van der Waals surface area contributed by atoms with Crippen molar-refractivity contribution in [2.45, 2.75) is 32.2 Å². The van der Waals surface area contributed by atoms with Gasteiger partial charge in [0.2, 0.25) is 0 Å². The Morgan fingerprint density at radius 3 is 2.27 bits per heavy atom. The number of carbonyl (C=O) groups is 2. The van der Waals surface area contributed by atoms with Gasteiger partial charge in [0.05, 0.1) is 0 Å². The van der Waals surface area contributed by atoms with Gasteiger partial charge in [-0.15, -0.1) is 0 Å². The zero-order valence-corrected chi connectivity index (χ0v) is 9.11. The van der Waals surface area contributed by atoms with Crippen molar-refractivity contribution in [3.8, 4) is 0 Å². The average Bonchev–Trinajstić information content (AvgIpc) is 2.18. The van der Waals surface area contributed by atoms with Crippen molar-refractivity contribution in [3.63, 3.8) is 0 Å². The first-order chi connectivity index (χ1) is 6.95. The van der Waals surface area contributed by atoms with Gasteiger partial charge in [-0.05, 0) is 31.9 Å². The molecule has 0 rings (SSSR count). The van der Waals surface area contributed by atoms with E-state index in [0.29, 0.717) is 18.5 Å². The van der Waals surface area contributed by atoms with Crippen molar-refractivity contribution in [1.82, 2.24) is 0 Å². The summed E-state index contributed by atoms with van der Waals surface area (Å²) in [5.74, 6) is -0.933. The van der Waals surface area contributed by atoms with Crippen LogP contribution in [-0.2, 0) is 9.59 Å². The standard InChI is InChI=1S/C6H14N2O2.C4H6O/c7-4-2-1-3-5(8)6(9)10;1-4(2)3-5/h5H,1-4,7-8H2,(H,9,10);3H,1H2,2H3. The lowest BCUT2D eigenvalue weighted by Crippen LogP contribution is -2.29. The van der Waals surface area contributed by atoms with E-state index in [1.165, 1.54) is 0 Å². The molecular weight excluding hydrogens is 196 g/mol. The van der Waals surface area contributed by atoms with Crippen LogP contribution in [0, 0.1) is 0 Å². The molecule has 1 atom stereocenters. The van der Waals surface area contributed by atoms with Gasteiger partial charge in [0, 0.05) is 0 Å². The Balaban J connectivity index is 0. The number of aldehydes is 1. The molecule has 5 N–H and O–H groups in total. The van der Waals surface area contributed by atoms with Gasteiger partial charge in [-0.3, -0.25) is 9.59 Å². The third-order valence-corrected chi connectivity index (χ3v) is 1.49. The van der Waals surface area contributed by atoms with E-state index in [1.54, 1.807) is 6.92 Å². The van der Waals surface area contributed by atoms with Crippen LogP contribution in [-0.4, -0.2) is 29.9 Å². The lowest BCUT2D eigenvalue weighted by atomic mass is 10.1. The van der Waals surface area contributed by atoms with Crippen LogP contribution in [0.5, 0.6) is 0 Å². The van der Waals surface area contributed by atoms with Crippen LogP contribution in [0.2, 0.25) is 0 Å². The Morgan fingerprint density at radius 1 is 1.53 bits per heavy atom. The lowest BCUT2D eigenvalue weighted by Gasteiger charge is -2.03. The largest absolute Gasteiger partial charge is 0.480 e. The minimum Gasteiger partial charge on any atom is -0.480 e. The van der Waals surface area contributed by atoms with Crippen molar-refractivity contribution in [1.29, 1.82) is 0 Å². The van der Waals surface area contributed by atoms with Crippen LogP contribution in [0.15, 0.2) is 12.2 Å². The van der Waals surface area contributed by atoms with Crippen molar-refractivity contribution in [3.05, 3.63) is 12.2 Å². The number of aliphatic carboxylic acids is 1. The van der Waals surface area contributed by atoms with Gasteiger partial charge in [-0.1, -0.05) is 13.0 Å². The SMILES string of the molecule is C=C(C)C=O.NCCCCC(N)C(=O)O. The Hall–Kier alpha value is -1.20. The molecule has 5 heteroatoms. The molecule has 1 unspecified atom stereocenters. The number of carboxylic acids is 1. The second-order valence-corrected chi connectivity index (χ2v) is 3.19. The summed E-state index contributed by atoms with van der Waals surface area (Å²) in [6.07, 6.45) is 2.89. The first-order valence-electron chi connectivity index (χ1n) is 4.74. The molecule has 0 aromatic carbocycles. The fraction of sp³-hybridized carbons (Fsp3) is 0.600. The van der Waals surface area contributed by atoms with Gasteiger partial charge < -0.3 is 16.6 Å². The van der Waals surface area contributed by atoms with Crippen molar-refractivity contribution in [2.24, 2.45) is 11.5 Å². The summed E-state index contributed by atoms with van der Waals surface area (Å²) in [6, 6.07) is -0.716. The van der Waals surface area contributed by atoms with E-state index < -0.39 is 12.0 Å². The van der Waals surface area contributed by atoms with Crippen LogP contribution >= 0.6 is 0 Å². The smallest absolute Gasteiger partial charge is 0.320 e. The van der Waals surface area contributed by atoms with Gasteiger partial charge >= 0.3 is 5.97 Å². The lowest BCUT2D eigenvalue weighted by molar-refractivity contribution is -0.138. The molecule has 0 spiro atoms. The molecular formula is C10H20N2O3. The summed E-state index contributed by atoms with van der Waals surface area (Å²) in [6.45, 7) is 5.57. The molecule has 0 heterocycles. The monoisotopic (exact) mass is 216 g/mol. The molecule has 88 valence electrons. The van der Waals surface area contributed by atoms with E-state index in [-0.39, 0.29) is 0 Å². The van der Waals surface area contributed by atoms with Crippen LogP contribution < -0.4 is 11.5 Å². The molecule has 0 aliphatic rings. The zero-order valence-electron chi connectivity index (χ0n) is 9.11. The van der Waals surface area contributed by atoms with E-state index in [1.807, 2.05) is 0 Å². The first kappa shape index (κ1) is 16.2. The number of allylic oxidation sites excluding steroid dienone is 1. The highest BCUT2D eigenvalue weighted by atomic mass is 16.4. The van der Waals surface area contributed by atoms with Crippen LogP contribution in [0.4, 0.5) is 0 Å². The summed E-state index contributed by atoms with van der Waals surface area (Å²) in [5.41, 5.74) is 11.0. The van der Waals surface area contributed by atoms with Crippen LogP contribution in [0.25, 0.3) is 0 Å². The first-order valence-corrected chi connectivity index (χ1v) is 4.74. The van der Waals surface area contributed by atoms with E-state index >= 15 is 0 Å². The molecule has 0 aliphatic heterocycles. The molecule has 0 saturated carbocycles. The molecule has 0 aromatic rings. The van der Waals surface area contributed by atoms with Gasteiger partial charge in [0.25, 0.3) is 0 Å². The molecule has 0 aromatic heterocycles. The maximum atomic E-state index is 10.1. The molecule has 0 bridgehead atoms. The van der Waals surface area contributed by atoms with E-state index in [2.05, 4.69) is 6.58 Å². The third-order valence-electron chi connectivity index (χ3n) is 1.49. The van der Waals surface area contributed by atoms with Crippen molar-refractivity contribution >= 4 is 12.3 Å². The molecule has 0 saturated heterocycles. The Bertz CT molecular complexity index is 205. The number of rotatable bonds is 6. The van der Waals surface area contributed by atoms with Crippen LogP contribution in [0.1, 0.15) is 26.2 Å². The van der Waals surface area contributed by atoms with Crippen molar-refractivity contribution in [2.75, 3.05) is 6.54 Å². The van der Waals surface area contributed by atoms with Crippen LogP contribution in [0.3, 0.4) is 0 Å². The van der Waals surface area contributed by atoms with Gasteiger partial charge in [0.15, 0.2) is 0 Å². The molecule has 5 nitrogen and oxygen atoms in total.